The molecule has 1 heterocycles. The second-order valence-corrected chi connectivity index (χ2v) is 5.37. The highest BCUT2D eigenvalue weighted by Crippen LogP contribution is 2.22. The Bertz CT molecular complexity index is 418. The topological polar surface area (TPSA) is 69.2 Å². The van der Waals surface area contributed by atoms with Crippen LogP contribution in [-0.4, -0.2) is 34.2 Å². The molecule has 1 aromatic rings. The van der Waals surface area contributed by atoms with E-state index in [1.165, 1.54) is 25.7 Å². The number of ether oxygens (including phenoxy) is 2. The van der Waals surface area contributed by atoms with Gasteiger partial charge in [-0.1, -0.05) is 12.8 Å². The van der Waals surface area contributed by atoms with E-state index in [1.54, 1.807) is 7.05 Å². The van der Waals surface area contributed by atoms with Crippen molar-refractivity contribution in [2.75, 3.05) is 12.4 Å². The van der Waals surface area contributed by atoms with Gasteiger partial charge in [-0.3, -0.25) is 0 Å². The van der Waals surface area contributed by atoms with Crippen LogP contribution in [0.3, 0.4) is 0 Å². The Hall–Kier alpha value is -1.59. The van der Waals surface area contributed by atoms with Crippen LogP contribution in [0.15, 0.2) is 0 Å². The van der Waals surface area contributed by atoms with Gasteiger partial charge in [0, 0.05) is 7.05 Å². The normalized spacial score (nSPS) is 16.8. The minimum absolute atomic E-state index is 0.0211. The Labute approximate surface area is 120 Å². The van der Waals surface area contributed by atoms with E-state index in [2.05, 4.69) is 20.3 Å². The third-order valence-corrected chi connectivity index (χ3v) is 3.23. The summed E-state index contributed by atoms with van der Waals surface area (Å²) in [5.74, 6) is 0.472. The van der Waals surface area contributed by atoms with Crippen LogP contribution in [0.5, 0.6) is 12.0 Å². The molecule has 1 saturated carbocycles. The molecule has 0 unspecified atom stereocenters. The Morgan fingerprint density at radius 3 is 2.25 bits per heavy atom. The smallest absolute Gasteiger partial charge is 0.324 e. The van der Waals surface area contributed by atoms with Gasteiger partial charge in [-0.2, -0.15) is 9.97 Å². The summed E-state index contributed by atoms with van der Waals surface area (Å²) in [6.45, 7) is 3.88. The Balaban J connectivity index is 2.08. The van der Waals surface area contributed by atoms with Gasteiger partial charge < -0.3 is 14.8 Å². The van der Waals surface area contributed by atoms with E-state index in [0.717, 1.165) is 12.8 Å². The number of rotatable bonds is 5. The van der Waals surface area contributed by atoms with Gasteiger partial charge in [0.1, 0.15) is 6.10 Å². The second kappa shape index (κ2) is 7.26. The van der Waals surface area contributed by atoms with Crippen LogP contribution in [0.4, 0.5) is 5.95 Å². The highest BCUT2D eigenvalue weighted by molar-refractivity contribution is 5.26. The summed E-state index contributed by atoms with van der Waals surface area (Å²) >= 11 is 0. The molecule has 0 spiro atoms. The van der Waals surface area contributed by atoms with Crippen LogP contribution in [0.25, 0.3) is 0 Å². The molecular weight excluding hydrogens is 256 g/mol. The number of aromatic nitrogens is 3. The van der Waals surface area contributed by atoms with Gasteiger partial charge in [-0.25, -0.2) is 0 Å². The summed E-state index contributed by atoms with van der Waals surface area (Å²) in [7, 11) is 1.77. The zero-order valence-electron chi connectivity index (χ0n) is 12.6. The van der Waals surface area contributed by atoms with Crippen molar-refractivity contribution in [1.29, 1.82) is 0 Å². The fourth-order valence-electron chi connectivity index (χ4n) is 2.27. The van der Waals surface area contributed by atoms with Gasteiger partial charge in [0.05, 0.1) is 6.10 Å². The van der Waals surface area contributed by atoms with E-state index in [-0.39, 0.29) is 12.2 Å². The average molecular weight is 280 g/mol. The van der Waals surface area contributed by atoms with Crippen molar-refractivity contribution in [2.45, 2.75) is 64.6 Å². The molecule has 0 amide bonds. The maximum atomic E-state index is 5.92. The minimum Gasteiger partial charge on any atom is -0.461 e. The number of nitrogens with zero attached hydrogens (tertiary/aromatic N) is 3. The van der Waals surface area contributed by atoms with E-state index in [9.17, 15) is 0 Å². The third kappa shape index (κ3) is 4.51. The number of hydrogen-bond acceptors (Lipinski definition) is 6. The lowest BCUT2D eigenvalue weighted by Crippen LogP contribution is -2.18. The molecule has 0 radical (unpaired) electrons. The first-order chi connectivity index (χ1) is 9.67. The predicted octanol–water partition coefficient (Wildman–Crippen LogP) is 2.80. The number of anilines is 1. The fourth-order valence-corrected chi connectivity index (χ4v) is 2.27. The second-order valence-electron chi connectivity index (χ2n) is 5.37. The molecule has 20 heavy (non-hydrogen) atoms. The van der Waals surface area contributed by atoms with Gasteiger partial charge in [-0.15, -0.1) is 4.98 Å². The van der Waals surface area contributed by atoms with Crippen LogP contribution in [-0.2, 0) is 0 Å². The van der Waals surface area contributed by atoms with Crippen LogP contribution < -0.4 is 14.8 Å². The summed E-state index contributed by atoms with van der Waals surface area (Å²) in [4.78, 5) is 12.7. The summed E-state index contributed by atoms with van der Waals surface area (Å²) in [5.41, 5.74) is 0. The molecule has 1 fully saturated rings. The lowest BCUT2D eigenvalue weighted by Gasteiger charge is -2.16. The molecule has 6 heteroatoms. The molecule has 0 aliphatic heterocycles. The first-order valence-corrected chi connectivity index (χ1v) is 7.44. The molecular formula is C14H24N4O2. The zero-order valence-corrected chi connectivity index (χ0v) is 12.6. The van der Waals surface area contributed by atoms with Crippen LogP contribution in [0, 0.1) is 0 Å². The average Bonchev–Trinajstić information content (AvgIpc) is 2.66. The molecule has 1 N–H and O–H groups in total. The first kappa shape index (κ1) is 14.8. The van der Waals surface area contributed by atoms with Crippen molar-refractivity contribution in [3.05, 3.63) is 0 Å². The van der Waals surface area contributed by atoms with E-state index >= 15 is 0 Å². The number of hydrogen-bond donors (Lipinski definition) is 1. The molecule has 0 atom stereocenters. The maximum absolute atomic E-state index is 5.92. The van der Waals surface area contributed by atoms with Gasteiger partial charge in [-0.05, 0) is 39.5 Å². The lowest BCUT2D eigenvalue weighted by molar-refractivity contribution is 0.160. The highest BCUT2D eigenvalue weighted by Gasteiger charge is 2.17. The molecule has 1 aliphatic carbocycles. The highest BCUT2D eigenvalue weighted by atomic mass is 16.5. The van der Waals surface area contributed by atoms with Crippen molar-refractivity contribution in [2.24, 2.45) is 0 Å². The quantitative estimate of drug-likeness (QED) is 0.836. The van der Waals surface area contributed by atoms with E-state index in [0.29, 0.717) is 18.0 Å². The minimum atomic E-state index is 0.0211. The van der Waals surface area contributed by atoms with E-state index < -0.39 is 0 Å². The lowest BCUT2D eigenvalue weighted by atomic mass is 10.2. The molecule has 2 rings (SSSR count). The molecule has 0 saturated heterocycles. The van der Waals surface area contributed by atoms with Gasteiger partial charge in [0.15, 0.2) is 0 Å². The largest absolute Gasteiger partial charge is 0.461 e. The number of nitrogens with one attached hydrogen (secondary N) is 1. The van der Waals surface area contributed by atoms with Gasteiger partial charge >= 0.3 is 12.0 Å². The van der Waals surface area contributed by atoms with Crippen molar-refractivity contribution in [1.82, 2.24) is 15.0 Å². The van der Waals surface area contributed by atoms with Gasteiger partial charge in [0.25, 0.3) is 0 Å². The first-order valence-electron chi connectivity index (χ1n) is 7.44. The van der Waals surface area contributed by atoms with Crippen LogP contribution in [0.1, 0.15) is 52.4 Å². The van der Waals surface area contributed by atoms with Crippen molar-refractivity contribution >= 4 is 5.95 Å². The molecule has 0 bridgehead atoms. The van der Waals surface area contributed by atoms with Crippen molar-refractivity contribution in [3.8, 4) is 12.0 Å². The Morgan fingerprint density at radius 2 is 1.65 bits per heavy atom. The molecule has 1 aliphatic rings. The molecule has 1 aromatic heterocycles. The maximum Gasteiger partial charge on any atom is 0.324 e. The summed E-state index contributed by atoms with van der Waals surface area (Å²) in [6.07, 6.45) is 7.38. The molecule has 112 valence electrons. The van der Waals surface area contributed by atoms with Gasteiger partial charge in [0.2, 0.25) is 5.95 Å². The molecule has 6 nitrogen and oxygen atoms in total. The summed E-state index contributed by atoms with van der Waals surface area (Å²) < 4.78 is 11.4. The summed E-state index contributed by atoms with van der Waals surface area (Å²) in [5, 5.41) is 2.91. The van der Waals surface area contributed by atoms with Crippen LogP contribution >= 0.6 is 0 Å². The van der Waals surface area contributed by atoms with E-state index in [4.69, 9.17) is 9.47 Å². The van der Waals surface area contributed by atoms with Crippen molar-refractivity contribution in [3.63, 3.8) is 0 Å². The summed E-state index contributed by atoms with van der Waals surface area (Å²) in [6, 6.07) is 0.662. The standard InChI is InChI=1S/C14H24N4O2/c1-10(2)19-13-16-12(15-3)17-14(18-13)20-11-8-6-4-5-7-9-11/h10-11H,4-9H2,1-3H3,(H,15,16,17,18). The third-order valence-electron chi connectivity index (χ3n) is 3.23. The van der Waals surface area contributed by atoms with E-state index in [1.807, 2.05) is 13.8 Å². The van der Waals surface area contributed by atoms with Crippen molar-refractivity contribution < 1.29 is 9.47 Å². The van der Waals surface area contributed by atoms with Crippen LogP contribution in [0.2, 0.25) is 0 Å². The Morgan fingerprint density at radius 1 is 1.00 bits per heavy atom. The Kier molecular flexibility index (Phi) is 5.38. The monoisotopic (exact) mass is 280 g/mol. The zero-order chi connectivity index (χ0) is 14.4. The predicted molar refractivity (Wildman–Crippen MR) is 77.3 cm³/mol. The molecule has 0 aromatic carbocycles. The SMILES string of the molecule is CNc1nc(OC(C)C)nc(OC2CCCCCC2)n1. The fraction of sp³-hybridized carbons (Fsp3) is 0.786.